The van der Waals surface area contributed by atoms with E-state index in [9.17, 15) is 4.79 Å². The van der Waals surface area contributed by atoms with Gasteiger partial charge in [0.2, 0.25) is 0 Å². The van der Waals surface area contributed by atoms with Crippen molar-refractivity contribution in [2.75, 3.05) is 16.7 Å². The standard InChI is InChI=1S/C15H15ClN2O2/c1-11-2-4-12(5-3-11)17-15(19)18-13-6-8-14(9-7-13)20-10-16/h2-9H,10H2,1H3,(H2,17,18,19). The van der Waals surface area contributed by atoms with Crippen molar-refractivity contribution in [1.82, 2.24) is 0 Å². The molecule has 2 rings (SSSR count). The zero-order valence-electron chi connectivity index (χ0n) is 11.0. The maximum atomic E-state index is 11.8. The second-order valence-corrected chi connectivity index (χ2v) is 4.44. The Balaban J connectivity index is 1.92. The number of amides is 2. The average molecular weight is 291 g/mol. The van der Waals surface area contributed by atoms with Crippen LogP contribution in [0.5, 0.6) is 5.75 Å². The molecule has 104 valence electrons. The van der Waals surface area contributed by atoms with Crippen LogP contribution < -0.4 is 15.4 Å². The number of nitrogens with one attached hydrogen (secondary N) is 2. The van der Waals surface area contributed by atoms with Gasteiger partial charge in [0.15, 0.2) is 6.07 Å². The highest BCUT2D eigenvalue weighted by Crippen LogP contribution is 2.16. The second-order valence-electron chi connectivity index (χ2n) is 4.22. The van der Waals surface area contributed by atoms with Gasteiger partial charge in [0, 0.05) is 11.4 Å². The van der Waals surface area contributed by atoms with Gasteiger partial charge in [-0.2, -0.15) is 0 Å². The van der Waals surface area contributed by atoms with Crippen LogP contribution in [0.3, 0.4) is 0 Å². The third kappa shape index (κ3) is 4.17. The Morgan fingerprint density at radius 1 is 1.00 bits per heavy atom. The van der Waals surface area contributed by atoms with E-state index >= 15 is 0 Å². The summed E-state index contributed by atoms with van der Waals surface area (Å²) in [5.41, 5.74) is 2.57. The highest BCUT2D eigenvalue weighted by Gasteiger charge is 2.02. The van der Waals surface area contributed by atoms with Crippen LogP contribution in [0.1, 0.15) is 5.56 Å². The fourth-order valence-electron chi connectivity index (χ4n) is 1.63. The van der Waals surface area contributed by atoms with Crippen molar-refractivity contribution in [3.05, 3.63) is 54.1 Å². The topological polar surface area (TPSA) is 50.4 Å². The second kappa shape index (κ2) is 6.82. The van der Waals surface area contributed by atoms with Crippen molar-refractivity contribution in [3.63, 3.8) is 0 Å². The number of hydrogen-bond donors (Lipinski definition) is 2. The predicted molar refractivity (Wildman–Crippen MR) is 81.6 cm³/mol. The summed E-state index contributed by atoms with van der Waals surface area (Å²) in [4.78, 5) is 11.8. The van der Waals surface area contributed by atoms with E-state index in [-0.39, 0.29) is 12.1 Å². The zero-order chi connectivity index (χ0) is 14.4. The van der Waals surface area contributed by atoms with Gasteiger partial charge in [0.1, 0.15) is 5.75 Å². The van der Waals surface area contributed by atoms with Gasteiger partial charge in [-0.15, -0.1) is 0 Å². The summed E-state index contributed by atoms with van der Waals surface area (Å²) in [6, 6.07) is 14.4. The summed E-state index contributed by atoms with van der Waals surface area (Å²) in [6.07, 6.45) is 0. The summed E-state index contributed by atoms with van der Waals surface area (Å²) < 4.78 is 5.11. The molecule has 0 atom stereocenters. The summed E-state index contributed by atoms with van der Waals surface area (Å²) >= 11 is 5.46. The van der Waals surface area contributed by atoms with Gasteiger partial charge in [-0.25, -0.2) is 4.79 Å². The first-order valence-electron chi connectivity index (χ1n) is 6.11. The minimum Gasteiger partial charge on any atom is -0.478 e. The van der Waals surface area contributed by atoms with Crippen molar-refractivity contribution >= 4 is 29.0 Å². The smallest absolute Gasteiger partial charge is 0.323 e. The molecule has 0 unspecified atom stereocenters. The molecular formula is C15H15ClN2O2. The van der Waals surface area contributed by atoms with Gasteiger partial charge in [0.05, 0.1) is 0 Å². The van der Waals surface area contributed by atoms with Crippen molar-refractivity contribution in [2.45, 2.75) is 6.92 Å². The van der Waals surface area contributed by atoms with E-state index in [1.165, 1.54) is 0 Å². The number of urea groups is 1. The van der Waals surface area contributed by atoms with Crippen molar-refractivity contribution in [1.29, 1.82) is 0 Å². The minimum absolute atomic E-state index is 0.0979. The average Bonchev–Trinajstić information content (AvgIpc) is 2.44. The van der Waals surface area contributed by atoms with E-state index < -0.39 is 0 Å². The molecule has 2 amide bonds. The molecule has 0 spiro atoms. The Morgan fingerprint density at radius 2 is 1.50 bits per heavy atom. The van der Waals surface area contributed by atoms with Crippen molar-refractivity contribution < 1.29 is 9.53 Å². The van der Waals surface area contributed by atoms with Gasteiger partial charge in [-0.3, -0.25) is 0 Å². The first kappa shape index (κ1) is 14.2. The van der Waals surface area contributed by atoms with Crippen LogP contribution in [0.15, 0.2) is 48.5 Å². The third-order valence-corrected chi connectivity index (χ3v) is 2.75. The summed E-state index contributed by atoms with van der Waals surface area (Å²) in [5.74, 6) is 0.657. The molecule has 20 heavy (non-hydrogen) atoms. The summed E-state index contributed by atoms with van der Waals surface area (Å²) in [7, 11) is 0. The van der Waals surface area contributed by atoms with Crippen LogP contribution in [0.4, 0.5) is 16.2 Å². The van der Waals surface area contributed by atoms with Crippen LogP contribution >= 0.6 is 11.6 Å². The van der Waals surface area contributed by atoms with E-state index in [2.05, 4.69) is 10.6 Å². The van der Waals surface area contributed by atoms with E-state index in [1.54, 1.807) is 24.3 Å². The number of alkyl halides is 1. The Labute approximate surface area is 122 Å². The molecule has 4 nitrogen and oxygen atoms in total. The molecule has 2 aromatic rings. The molecule has 0 bridgehead atoms. The number of aryl methyl sites for hydroxylation is 1. The summed E-state index contributed by atoms with van der Waals surface area (Å²) in [5, 5.41) is 5.49. The lowest BCUT2D eigenvalue weighted by atomic mass is 10.2. The Kier molecular flexibility index (Phi) is 4.85. The number of carbonyl (C=O) groups is 1. The Bertz CT molecular complexity index is 567. The van der Waals surface area contributed by atoms with Crippen LogP contribution in [-0.2, 0) is 0 Å². The fraction of sp³-hybridized carbons (Fsp3) is 0.133. The van der Waals surface area contributed by atoms with Gasteiger partial charge in [0.25, 0.3) is 0 Å². The molecule has 0 aliphatic rings. The molecule has 0 heterocycles. The first-order valence-corrected chi connectivity index (χ1v) is 6.64. The number of benzene rings is 2. The maximum absolute atomic E-state index is 11.8. The lowest BCUT2D eigenvalue weighted by molar-refractivity contribution is 0.262. The number of rotatable bonds is 4. The van der Waals surface area contributed by atoms with E-state index in [4.69, 9.17) is 16.3 Å². The fourth-order valence-corrected chi connectivity index (χ4v) is 1.75. The van der Waals surface area contributed by atoms with Gasteiger partial charge < -0.3 is 15.4 Å². The Hall–Kier alpha value is -2.20. The lowest BCUT2D eigenvalue weighted by Crippen LogP contribution is -2.19. The van der Waals surface area contributed by atoms with Crippen LogP contribution in [0.25, 0.3) is 0 Å². The zero-order valence-corrected chi connectivity index (χ0v) is 11.8. The van der Waals surface area contributed by atoms with Crippen LogP contribution in [-0.4, -0.2) is 12.1 Å². The number of anilines is 2. The molecule has 2 aromatic carbocycles. The molecule has 0 aromatic heterocycles. The molecule has 0 saturated heterocycles. The highest BCUT2D eigenvalue weighted by atomic mass is 35.5. The number of hydrogen-bond acceptors (Lipinski definition) is 2. The predicted octanol–water partition coefficient (Wildman–Crippen LogP) is 4.21. The SMILES string of the molecule is Cc1ccc(NC(=O)Nc2ccc(OCCl)cc2)cc1. The van der Waals surface area contributed by atoms with Crippen molar-refractivity contribution in [2.24, 2.45) is 0 Å². The normalized spacial score (nSPS) is 9.90. The minimum atomic E-state index is -0.292. The number of carbonyl (C=O) groups excluding carboxylic acids is 1. The first-order chi connectivity index (χ1) is 9.67. The monoisotopic (exact) mass is 290 g/mol. The highest BCUT2D eigenvalue weighted by molar-refractivity contribution is 6.17. The molecular weight excluding hydrogens is 276 g/mol. The molecule has 5 heteroatoms. The Morgan fingerprint density at radius 3 is 2.00 bits per heavy atom. The van der Waals surface area contributed by atoms with Gasteiger partial charge in [-0.1, -0.05) is 29.3 Å². The van der Waals surface area contributed by atoms with Gasteiger partial charge in [-0.05, 0) is 43.3 Å². The third-order valence-electron chi connectivity index (χ3n) is 2.64. The maximum Gasteiger partial charge on any atom is 0.323 e. The van der Waals surface area contributed by atoms with Crippen LogP contribution in [0.2, 0.25) is 0 Å². The largest absolute Gasteiger partial charge is 0.478 e. The molecule has 0 aliphatic carbocycles. The van der Waals surface area contributed by atoms with Crippen molar-refractivity contribution in [3.8, 4) is 5.75 Å². The van der Waals surface area contributed by atoms with Gasteiger partial charge >= 0.3 is 6.03 Å². The molecule has 0 aliphatic heterocycles. The summed E-state index contributed by atoms with van der Waals surface area (Å²) in [6.45, 7) is 1.99. The quantitative estimate of drug-likeness (QED) is 0.829. The molecule has 0 radical (unpaired) electrons. The van der Waals surface area contributed by atoms with Crippen LogP contribution in [0, 0.1) is 6.92 Å². The van der Waals surface area contributed by atoms with E-state index in [1.807, 2.05) is 31.2 Å². The number of ether oxygens (including phenoxy) is 1. The molecule has 2 N–H and O–H groups in total. The van der Waals surface area contributed by atoms with E-state index in [0.29, 0.717) is 11.4 Å². The number of halogens is 1. The molecule has 0 saturated carbocycles. The lowest BCUT2D eigenvalue weighted by Gasteiger charge is -2.08. The molecule has 0 fully saturated rings. The van der Waals surface area contributed by atoms with E-state index in [0.717, 1.165) is 11.3 Å².